The van der Waals surface area contributed by atoms with Crippen LogP contribution in [0, 0.1) is 13.8 Å². The van der Waals surface area contributed by atoms with Crippen LogP contribution in [0.3, 0.4) is 0 Å². The predicted molar refractivity (Wildman–Crippen MR) is 145 cm³/mol. The van der Waals surface area contributed by atoms with Gasteiger partial charge in [0.05, 0.1) is 17.7 Å². The third kappa shape index (κ3) is 8.41. The smallest absolute Gasteiger partial charge is 0.317 e. The molecule has 2 aromatic heterocycles. The lowest BCUT2D eigenvalue weighted by Crippen LogP contribution is -2.52. The van der Waals surface area contributed by atoms with Crippen LogP contribution in [0.15, 0.2) is 22.9 Å². The highest BCUT2D eigenvalue weighted by Crippen LogP contribution is 2.22. The minimum Gasteiger partial charge on any atom is -0.481 e. The first kappa shape index (κ1) is 28.9. The number of likely N-dealkylation sites (tertiary alicyclic amines) is 1. The number of aryl methyl sites for hydroxylation is 2. The summed E-state index contributed by atoms with van der Waals surface area (Å²) in [6, 6.07) is 3.85. The number of carboxylic acids is 1. The van der Waals surface area contributed by atoms with Crippen molar-refractivity contribution < 1.29 is 19.5 Å². The monoisotopic (exact) mass is 549 g/mol. The summed E-state index contributed by atoms with van der Waals surface area (Å²) >= 11 is 7.57. The van der Waals surface area contributed by atoms with Crippen molar-refractivity contribution in [1.82, 2.24) is 25.4 Å². The number of halogens is 1. The molecule has 37 heavy (non-hydrogen) atoms. The number of carbonyl (C=O) groups excluding carboxylic acids is 2. The van der Waals surface area contributed by atoms with Crippen LogP contribution in [0.5, 0.6) is 0 Å². The zero-order valence-electron chi connectivity index (χ0n) is 21.6. The maximum atomic E-state index is 12.9. The summed E-state index contributed by atoms with van der Waals surface area (Å²) < 4.78 is 0. The van der Waals surface area contributed by atoms with Crippen LogP contribution in [0.1, 0.15) is 59.8 Å². The molecule has 0 aromatic carbocycles. The topological polar surface area (TPSA) is 115 Å². The number of hydrogen-bond donors (Lipinski definition) is 3. The van der Waals surface area contributed by atoms with Crippen molar-refractivity contribution in [3.8, 4) is 0 Å². The zero-order chi connectivity index (χ0) is 26.9. The van der Waals surface area contributed by atoms with Crippen molar-refractivity contribution in [3.05, 3.63) is 50.4 Å². The number of nitrogens with one attached hydrogen (secondary N) is 2. The highest BCUT2D eigenvalue weighted by atomic mass is 35.5. The molecular formula is C26H36ClN5O4S. The van der Waals surface area contributed by atoms with E-state index in [0.717, 1.165) is 43.5 Å². The van der Waals surface area contributed by atoms with Gasteiger partial charge in [-0.2, -0.15) is 11.3 Å². The van der Waals surface area contributed by atoms with E-state index < -0.39 is 5.97 Å². The fourth-order valence-electron chi connectivity index (χ4n) is 4.76. The molecule has 0 saturated carbocycles. The minimum atomic E-state index is -0.932. The van der Waals surface area contributed by atoms with Gasteiger partial charge in [0.25, 0.3) is 5.91 Å². The molecule has 3 N–H and O–H groups in total. The Balaban J connectivity index is 1.49. The molecule has 202 valence electrons. The van der Waals surface area contributed by atoms with Crippen molar-refractivity contribution in [1.29, 1.82) is 0 Å². The number of nitrogens with zero attached hydrogens (tertiary/aromatic N) is 3. The van der Waals surface area contributed by atoms with Crippen molar-refractivity contribution in [3.63, 3.8) is 0 Å². The van der Waals surface area contributed by atoms with Crippen LogP contribution in [-0.2, 0) is 11.3 Å². The molecule has 2 aromatic rings. The Labute approximate surface area is 227 Å². The van der Waals surface area contributed by atoms with E-state index in [2.05, 4.69) is 27.4 Å². The van der Waals surface area contributed by atoms with E-state index in [1.54, 1.807) is 24.3 Å². The van der Waals surface area contributed by atoms with Crippen molar-refractivity contribution in [2.75, 3.05) is 26.2 Å². The van der Waals surface area contributed by atoms with Gasteiger partial charge in [0.2, 0.25) is 0 Å². The number of amides is 3. The highest BCUT2D eigenvalue weighted by Gasteiger charge is 2.30. The standard InChI is InChI=1S/C26H36ClN5O4S/c1-17-14-22(27)30-19(3)24(17)25(35)28-9-4-18(2)31-11-6-21(7-12-31)32(15-20-8-13-37-16-20)26(36)29-10-5-23(33)34/h8,13-14,16,18,21H,4-7,9-12,15H2,1-3H3,(H,28,35)(H,29,36)(H,33,34)/t18-/m1/s1. The molecule has 0 radical (unpaired) electrons. The quantitative estimate of drug-likeness (QED) is 0.364. The normalized spacial score (nSPS) is 15.2. The summed E-state index contributed by atoms with van der Waals surface area (Å²) in [7, 11) is 0. The minimum absolute atomic E-state index is 0.0798. The number of carboxylic acid groups (broad SMARTS) is 1. The number of carbonyl (C=O) groups is 3. The summed E-state index contributed by atoms with van der Waals surface area (Å²) in [4.78, 5) is 44.9. The van der Waals surface area contributed by atoms with Gasteiger partial charge >= 0.3 is 12.0 Å². The molecule has 11 heteroatoms. The SMILES string of the molecule is Cc1cc(Cl)nc(C)c1C(=O)NCC[C@@H](C)N1CCC(N(Cc2ccsc2)C(=O)NCCC(=O)O)CC1. The Hall–Kier alpha value is -2.69. The molecule has 3 rings (SSSR count). The van der Waals surface area contributed by atoms with Gasteiger partial charge in [-0.05, 0) is 74.1 Å². The molecule has 1 atom stereocenters. The van der Waals surface area contributed by atoms with Crippen molar-refractivity contribution >= 4 is 40.8 Å². The average Bonchev–Trinajstić information content (AvgIpc) is 3.35. The van der Waals surface area contributed by atoms with E-state index in [1.165, 1.54) is 0 Å². The van der Waals surface area contributed by atoms with E-state index in [-0.39, 0.29) is 37.0 Å². The van der Waals surface area contributed by atoms with E-state index in [9.17, 15) is 14.4 Å². The number of urea groups is 1. The number of pyridine rings is 1. The van der Waals surface area contributed by atoms with E-state index in [1.807, 2.05) is 28.7 Å². The molecule has 0 unspecified atom stereocenters. The van der Waals surface area contributed by atoms with Crippen LogP contribution < -0.4 is 10.6 Å². The summed E-state index contributed by atoms with van der Waals surface area (Å²) in [6.07, 6.45) is 2.38. The van der Waals surface area contributed by atoms with E-state index in [4.69, 9.17) is 16.7 Å². The van der Waals surface area contributed by atoms with Crippen molar-refractivity contribution in [2.45, 2.75) is 65.1 Å². The average molecular weight is 550 g/mol. The second-order valence-electron chi connectivity index (χ2n) is 9.52. The number of rotatable bonds is 11. The first-order chi connectivity index (χ1) is 17.7. The largest absolute Gasteiger partial charge is 0.481 e. The molecule has 0 bridgehead atoms. The molecule has 1 fully saturated rings. The van der Waals surface area contributed by atoms with E-state index >= 15 is 0 Å². The summed E-state index contributed by atoms with van der Waals surface area (Å²) in [5.41, 5.74) is 3.08. The van der Waals surface area contributed by atoms with Crippen LogP contribution in [0.4, 0.5) is 4.79 Å². The third-order valence-electron chi connectivity index (χ3n) is 6.81. The Kier molecular flexibility index (Phi) is 10.7. The van der Waals surface area contributed by atoms with Crippen molar-refractivity contribution in [2.24, 2.45) is 0 Å². The molecule has 3 heterocycles. The number of aliphatic carboxylic acids is 1. The van der Waals surface area contributed by atoms with Crippen LogP contribution in [-0.4, -0.2) is 76.1 Å². The summed E-state index contributed by atoms with van der Waals surface area (Å²) in [5.74, 6) is -1.07. The van der Waals surface area contributed by atoms with Gasteiger partial charge < -0.3 is 25.5 Å². The lowest BCUT2D eigenvalue weighted by Gasteiger charge is -2.40. The molecule has 9 nitrogen and oxygen atoms in total. The second kappa shape index (κ2) is 13.7. The molecule has 0 aliphatic carbocycles. The van der Waals surface area contributed by atoms with Gasteiger partial charge in [0.15, 0.2) is 0 Å². The van der Waals surface area contributed by atoms with E-state index in [0.29, 0.717) is 29.5 Å². The Morgan fingerprint density at radius 2 is 1.97 bits per heavy atom. The highest BCUT2D eigenvalue weighted by molar-refractivity contribution is 7.07. The maximum Gasteiger partial charge on any atom is 0.317 e. The number of piperidine rings is 1. The van der Waals surface area contributed by atoms with Gasteiger partial charge in [-0.15, -0.1) is 0 Å². The first-order valence-electron chi connectivity index (χ1n) is 12.6. The lowest BCUT2D eigenvalue weighted by atomic mass is 10.0. The molecule has 3 amide bonds. The molecule has 1 aliphatic heterocycles. The summed E-state index contributed by atoms with van der Waals surface area (Å²) in [5, 5.41) is 19.1. The fourth-order valence-corrected chi connectivity index (χ4v) is 5.71. The summed E-state index contributed by atoms with van der Waals surface area (Å²) in [6.45, 7) is 8.68. The zero-order valence-corrected chi connectivity index (χ0v) is 23.2. The Bertz CT molecular complexity index is 1050. The first-order valence-corrected chi connectivity index (χ1v) is 13.9. The van der Waals surface area contributed by atoms with Crippen LogP contribution >= 0.6 is 22.9 Å². The lowest BCUT2D eigenvalue weighted by molar-refractivity contribution is -0.136. The van der Waals surface area contributed by atoms with Gasteiger partial charge in [0, 0.05) is 44.8 Å². The van der Waals surface area contributed by atoms with Gasteiger partial charge in [-0.3, -0.25) is 9.59 Å². The number of aromatic nitrogens is 1. The molecular weight excluding hydrogens is 514 g/mol. The Morgan fingerprint density at radius 1 is 1.24 bits per heavy atom. The third-order valence-corrected chi connectivity index (χ3v) is 7.74. The number of thiophene rings is 1. The molecule has 1 saturated heterocycles. The number of hydrogen-bond acceptors (Lipinski definition) is 6. The van der Waals surface area contributed by atoms with Gasteiger partial charge in [0.1, 0.15) is 5.15 Å². The second-order valence-corrected chi connectivity index (χ2v) is 10.7. The fraction of sp³-hybridized carbons (Fsp3) is 0.538. The molecule has 1 aliphatic rings. The Morgan fingerprint density at radius 3 is 2.59 bits per heavy atom. The maximum absolute atomic E-state index is 12.9. The predicted octanol–water partition coefficient (Wildman–Crippen LogP) is 4.07. The van der Waals surface area contributed by atoms with Gasteiger partial charge in [-0.1, -0.05) is 11.6 Å². The molecule has 0 spiro atoms. The van der Waals surface area contributed by atoms with Crippen LogP contribution in [0.25, 0.3) is 0 Å². The van der Waals surface area contributed by atoms with Gasteiger partial charge in [-0.25, -0.2) is 9.78 Å². The van der Waals surface area contributed by atoms with Crippen LogP contribution in [0.2, 0.25) is 5.15 Å².